The van der Waals surface area contributed by atoms with Crippen molar-refractivity contribution in [3.05, 3.63) is 0 Å². The highest BCUT2D eigenvalue weighted by Crippen LogP contribution is 2.62. The monoisotopic (exact) mass is 162 g/mol. The summed E-state index contributed by atoms with van der Waals surface area (Å²) in [5, 5.41) is 1.16. The van der Waals surface area contributed by atoms with Gasteiger partial charge >= 0.3 is 0 Å². The van der Waals surface area contributed by atoms with E-state index in [1.54, 1.807) is 12.3 Å². The van der Waals surface area contributed by atoms with Crippen molar-refractivity contribution < 1.29 is 0 Å². The van der Waals surface area contributed by atoms with Crippen molar-refractivity contribution in [3.8, 4) is 0 Å². The van der Waals surface area contributed by atoms with Crippen molar-refractivity contribution in [1.29, 1.82) is 0 Å². The number of hydrogen-bond donors (Lipinski definition) is 0. The second kappa shape index (κ2) is 3.31. The Kier molecular flexibility index (Phi) is 2.93. The molecule has 1 aliphatic heterocycles. The summed E-state index contributed by atoms with van der Waals surface area (Å²) in [6.45, 7) is 7.32. The Bertz CT molecular complexity index is 82.9. The molecule has 2 unspecified atom stereocenters. The average Bonchev–Trinajstić information content (AvgIpc) is 2.12. The van der Waals surface area contributed by atoms with Crippen molar-refractivity contribution in [2.24, 2.45) is 0 Å². The van der Waals surface area contributed by atoms with Crippen molar-refractivity contribution in [2.75, 3.05) is 25.7 Å². The van der Waals surface area contributed by atoms with Gasteiger partial charge in [-0.2, -0.15) is 0 Å². The lowest BCUT2D eigenvalue weighted by atomic mass is 10.6. The quantitative estimate of drug-likeness (QED) is 0.520. The molecule has 0 amide bonds. The third-order valence-electron chi connectivity index (χ3n) is 2.19. The summed E-state index contributed by atoms with van der Waals surface area (Å²) in [5.74, 6) is 0. The molecule has 1 rings (SSSR count). The van der Waals surface area contributed by atoms with Crippen molar-refractivity contribution in [1.82, 2.24) is 0 Å². The molecular formula is C7H16P2. The van der Waals surface area contributed by atoms with E-state index in [0.717, 1.165) is 5.40 Å². The first-order valence-electron chi connectivity index (χ1n) is 3.66. The highest BCUT2D eigenvalue weighted by atomic mass is 31.2. The molecule has 0 aliphatic carbocycles. The van der Waals surface area contributed by atoms with Gasteiger partial charge in [-0.1, -0.05) is 6.92 Å². The minimum absolute atomic E-state index is 0.461. The van der Waals surface area contributed by atoms with Gasteiger partial charge in [-0.05, 0) is 37.5 Å². The normalized spacial score (nSPS) is 43.7. The fraction of sp³-hybridized carbons (Fsp3) is 1.00. The Morgan fingerprint density at radius 2 is 1.67 bits per heavy atom. The summed E-state index contributed by atoms with van der Waals surface area (Å²) in [4.78, 5) is 0. The summed E-state index contributed by atoms with van der Waals surface area (Å²) in [6, 6.07) is 0. The Balaban J connectivity index is 2.44. The second-order valence-corrected chi connectivity index (χ2v) is 8.43. The lowest BCUT2D eigenvalue weighted by molar-refractivity contribution is 1.04. The van der Waals surface area contributed by atoms with Crippen LogP contribution in [0.25, 0.3) is 0 Å². The molecule has 0 bridgehead atoms. The van der Waals surface area contributed by atoms with Crippen LogP contribution in [-0.2, 0) is 0 Å². The van der Waals surface area contributed by atoms with Crippen LogP contribution in [0, 0.1) is 0 Å². The summed E-state index contributed by atoms with van der Waals surface area (Å²) in [5.41, 5.74) is 0. The molecule has 0 radical (unpaired) electrons. The van der Waals surface area contributed by atoms with E-state index in [-0.39, 0.29) is 0 Å². The van der Waals surface area contributed by atoms with Crippen LogP contribution >= 0.6 is 15.8 Å². The predicted molar refractivity (Wildman–Crippen MR) is 49.5 cm³/mol. The van der Waals surface area contributed by atoms with Crippen LogP contribution in [0.3, 0.4) is 0 Å². The largest absolute Gasteiger partial charge is 0.102 e. The molecule has 0 nitrogen and oxygen atoms in total. The van der Waals surface area contributed by atoms with E-state index >= 15 is 0 Å². The maximum Gasteiger partial charge on any atom is -0.00132 e. The SMILES string of the molecule is CCC1P(C)CCP1C. The molecule has 0 aromatic heterocycles. The maximum atomic E-state index is 2.48. The van der Waals surface area contributed by atoms with Crippen LogP contribution in [0.1, 0.15) is 13.3 Å². The van der Waals surface area contributed by atoms with Gasteiger partial charge in [0.25, 0.3) is 0 Å². The first-order chi connectivity index (χ1) is 4.25. The average molecular weight is 162 g/mol. The molecule has 1 saturated heterocycles. The van der Waals surface area contributed by atoms with Gasteiger partial charge in [0.05, 0.1) is 0 Å². The first kappa shape index (κ1) is 7.96. The zero-order valence-corrected chi connectivity index (χ0v) is 8.38. The molecule has 9 heavy (non-hydrogen) atoms. The molecular weight excluding hydrogens is 146 g/mol. The van der Waals surface area contributed by atoms with E-state index < -0.39 is 0 Å². The highest BCUT2D eigenvalue weighted by Gasteiger charge is 2.27. The molecule has 0 aromatic carbocycles. The standard InChI is InChI=1S/C7H16P2/c1-4-7-8(2)5-6-9(7)3/h7H,4-6H2,1-3H3. The Morgan fingerprint density at radius 3 is 1.89 bits per heavy atom. The van der Waals surface area contributed by atoms with Crippen LogP contribution in [0.4, 0.5) is 0 Å². The molecule has 0 N–H and O–H groups in total. The minimum Gasteiger partial charge on any atom is -0.102 e. The van der Waals surface area contributed by atoms with Gasteiger partial charge in [0.1, 0.15) is 0 Å². The molecule has 0 aromatic rings. The molecule has 54 valence electrons. The van der Waals surface area contributed by atoms with Crippen LogP contribution in [-0.4, -0.2) is 31.1 Å². The summed E-state index contributed by atoms with van der Waals surface area (Å²) >= 11 is 0. The highest BCUT2D eigenvalue weighted by molar-refractivity contribution is 7.78. The van der Waals surface area contributed by atoms with Gasteiger partial charge in [0, 0.05) is 0 Å². The van der Waals surface area contributed by atoms with Gasteiger partial charge in [-0.25, -0.2) is 0 Å². The second-order valence-electron chi connectivity index (χ2n) is 2.85. The van der Waals surface area contributed by atoms with E-state index in [1.165, 1.54) is 6.42 Å². The Morgan fingerprint density at radius 1 is 1.22 bits per heavy atom. The first-order valence-corrected chi connectivity index (χ1v) is 7.75. The van der Waals surface area contributed by atoms with E-state index in [9.17, 15) is 0 Å². The van der Waals surface area contributed by atoms with Crippen molar-refractivity contribution in [2.45, 2.75) is 18.7 Å². The minimum atomic E-state index is 0.461. The third-order valence-corrected chi connectivity index (χ3v) is 9.53. The molecule has 0 saturated carbocycles. The van der Waals surface area contributed by atoms with Crippen molar-refractivity contribution >= 4 is 15.8 Å². The third kappa shape index (κ3) is 1.66. The maximum absolute atomic E-state index is 2.48. The van der Waals surface area contributed by atoms with Crippen LogP contribution in [0.15, 0.2) is 0 Å². The zero-order chi connectivity index (χ0) is 6.85. The predicted octanol–water partition coefficient (Wildman–Crippen LogP) is 2.96. The van der Waals surface area contributed by atoms with E-state index in [2.05, 4.69) is 20.3 Å². The summed E-state index contributed by atoms with van der Waals surface area (Å²) < 4.78 is 0. The fourth-order valence-electron chi connectivity index (χ4n) is 1.57. The van der Waals surface area contributed by atoms with E-state index in [0.29, 0.717) is 15.8 Å². The molecule has 2 atom stereocenters. The Labute approximate surface area is 60.9 Å². The van der Waals surface area contributed by atoms with Gasteiger partial charge < -0.3 is 0 Å². The van der Waals surface area contributed by atoms with E-state index in [1.807, 2.05) is 0 Å². The molecule has 2 heteroatoms. The van der Waals surface area contributed by atoms with Gasteiger partial charge in [0.2, 0.25) is 0 Å². The molecule has 1 heterocycles. The molecule has 1 aliphatic rings. The Hall–Kier alpha value is 0.860. The molecule has 1 fully saturated rings. The fourth-order valence-corrected chi connectivity index (χ4v) is 9.32. The lowest BCUT2D eigenvalue weighted by Crippen LogP contribution is -1.92. The topological polar surface area (TPSA) is 0 Å². The van der Waals surface area contributed by atoms with Gasteiger partial charge in [-0.3, -0.25) is 0 Å². The van der Waals surface area contributed by atoms with E-state index in [4.69, 9.17) is 0 Å². The smallest absolute Gasteiger partial charge is 0.00132 e. The van der Waals surface area contributed by atoms with Gasteiger partial charge in [-0.15, -0.1) is 15.8 Å². The molecule has 0 spiro atoms. The lowest BCUT2D eigenvalue weighted by Gasteiger charge is -2.17. The summed E-state index contributed by atoms with van der Waals surface area (Å²) in [6.07, 6.45) is 4.58. The van der Waals surface area contributed by atoms with Crippen LogP contribution in [0.2, 0.25) is 0 Å². The van der Waals surface area contributed by atoms with Gasteiger partial charge in [0.15, 0.2) is 0 Å². The zero-order valence-electron chi connectivity index (χ0n) is 6.59. The van der Waals surface area contributed by atoms with Crippen LogP contribution < -0.4 is 0 Å². The summed E-state index contributed by atoms with van der Waals surface area (Å²) in [7, 11) is 0.922. The number of rotatable bonds is 1. The van der Waals surface area contributed by atoms with Crippen LogP contribution in [0.5, 0.6) is 0 Å². The number of hydrogen-bond acceptors (Lipinski definition) is 0. The van der Waals surface area contributed by atoms with Crippen molar-refractivity contribution in [3.63, 3.8) is 0 Å².